The Morgan fingerprint density at radius 1 is 1.38 bits per heavy atom. The maximum absolute atomic E-state index is 10.8. The Labute approximate surface area is 100 Å². The number of hydrogen-bond donors (Lipinski definition) is 1. The van der Waals surface area contributed by atoms with Gasteiger partial charge in [-0.25, -0.2) is 4.79 Å². The van der Waals surface area contributed by atoms with Crippen molar-refractivity contribution in [2.75, 3.05) is 6.61 Å². The molecule has 0 aromatic carbocycles. The van der Waals surface area contributed by atoms with E-state index < -0.39 is 5.97 Å². The van der Waals surface area contributed by atoms with Crippen LogP contribution in [0.2, 0.25) is 0 Å². The number of rotatable bonds is 8. The van der Waals surface area contributed by atoms with Crippen molar-refractivity contribution in [2.24, 2.45) is 0 Å². The van der Waals surface area contributed by atoms with Crippen molar-refractivity contribution in [2.45, 2.75) is 39.0 Å². The summed E-state index contributed by atoms with van der Waals surface area (Å²) in [5.41, 5.74) is 0. The first-order valence-electron chi connectivity index (χ1n) is 5.69. The molecule has 3 nitrogen and oxygen atoms in total. The van der Waals surface area contributed by atoms with E-state index in [1.807, 2.05) is 0 Å². The molecule has 0 aliphatic heterocycles. The van der Waals surface area contributed by atoms with Gasteiger partial charge in [0.1, 0.15) is 5.75 Å². The summed E-state index contributed by atoms with van der Waals surface area (Å²) < 4.78 is 5.45. The van der Waals surface area contributed by atoms with Crippen LogP contribution in [0.1, 0.15) is 48.7 Å². The highest BCUT2D eigenvalue weighted by Crippen LogP contribution is 2.24. The van der Waals surface area contributed by atoms with Crippen LogP contribution >= 0.6 is 11.3 Å². The number of carbonyl (C=O) groups is 1. The van der Waals surface area contributed by atoms with Gasteiger partial charge in [0.15, 0.2) is 4.88 Å². The monoisotopic (exact) mass is 242 g/mol. The van der Waals surface area contributed by atoms with Gasteiger partial charge in [-0.3, -0.25) is 0 Å². The highest BCUT2D eigenvalue weighted by molar-refractivity contribution is 7.12. The molecule has 16 heavy (non-hydrogen) atoms. The van der Waals surface area contributed by atoms with Gasteiger partial charge in [0, 0.05) is 0 Å². The van der Waals surface area contributed by atoms with Crippen LogP contribution in [-0.2, 0) is 0 Å². The fraction of sp³-hybridized carbons (Fsp3) is 0.583. The molecule has 1 heterocycles. The van der Waals surface area contributed by atoms with Crippen molar-refractivity contribution in [1.29, 1.82) is 0 Å². The van der Waals surface area contributed by atoms with Gasteiger partial charge in [-0.15, -0.1) is 11.3 Å². The molecular formula is C12H18O3S. The van der Waals surface area contributed by atoms with Gasteiger partial charge in [-0.05, 0) is 17.9 Å². The topological polar surface area (TPSA) is 46.5 Å². The first-order valence-corrected chi connectivity index (χ1v) is 6.57. The largest absolute Gasteiger partial charge is 0.492 e. The Morgan fingerprint density at radius 3 is 2.81 bits per heavy atom. The molecule has 0 aliphatic carbocycles. The maximum Gasteiger partial charge on any atom is 0.349 e. The molecule has 0 spiro atoms. The van der Waals surface area contributed by atoms with Gasteiger partial charge in [0.25, 0.3) is 0 Å². The van der Waals surface area contributed by atoms with Gasteiger partial charge in [-0.1, -0.05) is 32.6 Å². The summed E-state index contributed by atoms with van der Waals surface area (Å²) in [7, 11) is 0. The molecular weight excluding hydrogens is 224 g/mol. The molecule has 0 aliphatic rings. The van der Waals surface area contributed by atoms with E-state index in [1.54, 1.807) is 11.4 Å². The molecule has 1 aromatic rings. The third kappa shape index (κ3) is 4.23. The highest BCUT2D eigenvalue weighted by Gasteiger charge is 2.12. The second-order valence-corrected chi connectivity index (χ2v) is 4.60. The lowest BCUT2D eigenvalue weighted by molar-refractivity contribution is 0.0698. The molecule has 4 heteroatoms. The molecule has 0 bridgehead atoms. The van der Waals surface area contributed by atoms with E-state index in [0.717, 1.165) is 12.8 Å². The molecule has 0 atom stereocenters. The zero-order chi connectivity index (χ0) is 11.8. The lowest BCUT2D eigenvalue weighted by Gasteiger charge is -2.04. The Bertz CT molecular complexity index is 320. The summed E-state index contributed by atoms with van der Waals surface area (Å²) >= 11 is 1.21. The van der Waals surface area contributed by atoms with Gasteiger partial charge >= 0.3 is 5.97 Å². The minimum atomic E-state index is -0.906. The number of unbranched alkanes of at least 4 members (excludes halogenated alkanes) is 4. The van der Waals surface area contributed by atoms with Crippen LogP contribution in [0.5, 0.6) is 5.75 Å². The van der Waals surface area contributed by atoms with Crippen molar-refractivity contribution in [1.82, 2.24) is 0 Å². The third-order valence-corrected chi connectivity index (χ3v) is 3.21. The third-order valence-electron chi connectivity index (χ3n) is 2.33. The first-order chi connectivity index (χ1) is 7.75. The molecule has 0 fully saturated rings. The fourth-order valence-corrected chi connectivity index (χ4v) is 2.13. The van der Waals surface area contributed by atoms with Crippen molar-refractivity contribution < 1.29 is 14.6 Å². The van der Waals surface area contributed by atoms with Gasteiger partial charge in [0.2, 0.25) is 0 Å². The smallest absolute Gasteiger partial charge is 0.349 e. The van der Waals surface area contributed by atoms with Crippen molar-refractivity contribution >= 4 is 17.3 Å². The van der Waals surface area contributed by atoms with Gasteiger partial charge in [0.05, 0.1) is 6.61 Å². The normalized spacial score (nSPS) is 10.3. The lowest BCUT2D eigenvalue weighted by Crippen LogP contribution is -2.01. The summed E-state index contributed by atoms with van der Waals surface area (Å²) in [6.07, 6.45) is 5.87. The van der Waals surface area contributed by atoms with Crippen LogP contribution in [-0.4, -0.2) is 17.7 Å². The number of aromatic carboxylic acids is 1. The summed E-state index contributed by atoms with van der Waals surface area (Å²) in [5.74, 6) is -0.399. The summed E-state index contributed by atoms with van der Waals surface area (Å²) in [6.45, 7) is 2.79. The lowest BCUT2D eigenvalue weighted by atomic mass is 10.2. The molecule has 0 radical (unpaired) electrons. The van der Waals surface area contributed by atoms with Crippen LogP contribution in [0.15, 0.2) is 11.4 Å². The van der Waals surface area contributed by atoms with E-state index in [2.05, 4.69) is 6.92 Å². The number of hydrogen-bond acceptors (Lipinski definition) is 3. The first kappa shape index (κ1) is 13.0. The van der Waals surface area contributed by atoms with E-state index in [-0.39, 0.29) is 0 Å². The summed E-state index contributed by atoms with van der Waals surface area (Å²) in [4.78, 5) is 11.1. The Balaban J connectivity index is 2.21. The van der Waals surface area contributed by atoms with Crippen molar-refractivity contribution in [3.05, 3.63) is 16.3 Å². The Morgan fingerprint density at radius 2 is 2.12 bits per heavy atom. The zero-order valence-electron chi connectivity index (χ0n) is 9.57. The SMILES string of the molecule is CCCCCCCOc1ccsc1C(=O)O. The van der Waals surface area contributed by atoms with Gasteiger partial charge in [-0.2, -0.15) is 0 Å². The number of carboxylic acid groups (broad SMARTS) is 1. The van der Waals surface area contributed by atoms with Crippen molar-refractivity contribution in [3.63, 3.8) is 0 Å². The number of ether oxygens (including phenoxy) is 1. The van der Waals surface area contributed by atoms with Gasteiger partial charge < -0.3 is 9.84 Å². The van der Waals surface area contributed by atoms with E-state index in [1.165, 1.54) is 30.6 Å². The zero-order valence-corrected chi connectivity index (χ0v) is 10.4. The molecule has 1 N–H and O–H groups in total. The fourth-order valence-electron chi connectivity index (χ4n) is 1.45. The number of thiophene rings is 1. The predicted octanol–water partition coefficient (Wildman–Crippen LogP) is 3.80. The van der Waals surface area contributed by atoms with E-state index >= 15 is 0 Å². The second kappa shape index (κ2) is 7.28. The molecule has 90 valence electrons. The molecule has 0 unspecified atom stereocenters. The molecule has 0 saturated heterocycles. The molecule has 1 rings (SSSR count). The number of carboxylic acids is 1. The van der Waals surface area contributed by atoms with E-state index in [0.29, 0.717) is 17.2 Å². The van der Waals surface area contributed by atoms with Crippen LogP contribution in [0.25, 0.3) is 0 Å². The second-order valence-electron chi connectivity index (χ2n) is 3.68. The minimum absolute atomic E-state index is 0.300. The van der Waals surface area contributed by atoms with E-state index in [4.69, 9.17) is 9.84 Å². The Kier molecular flexibility index (Phi) is 5.93. The van der Waals surface area contributed by atoms with Crippen LogP contribution in [0.3, 0.4) is 0 Å². The van der Waals surface area contributed by atoms with Crippen LogP contribution < -0.4 is 4.74 Å². The van der Waals surface area contributed by atoms with E-state index in [9.17, 15) is 4.79 Å². The standard InChI is InChI=1S/C12H18O3S/c1-2-3-4-5-6-8-15-10-7-9-16-11(10)12(13)14/h7,9H,2-6,8H2,1H3,(H,13,14). The molecule has 0 saturated carbocycles. The van der Waals surface area contributed by atoms with Crippen molar-refractivity contribution in [3.8, 4) is 5.75 Å². The highest BCUT2D eigenvalue weighted by atomic mass is 32.1. The predicted molar refractivity (Wildman–Crippen MR) is 65.5 cm³/mol. The summed E-state index contributed by atoms with van der Waals surface area (Å²) in [5, 5.41) is 10.6. The summed E-state index contributed by atoms with van der Waals surface area (Å²) in [6, 6.07) is 1.72. The Hall–Kier alpha value is -1.03. The average Bonchev–Trinajstić information content (AvgIpc) is 2.71. The average molecular weight is 242 g/mol. The molecule has 0 amide bonds. The minimum Gasteiger partial charge on any atom is -0.492 e. The van der Waals surface area contributed by atoms with Crippen LogP contribution in [0, 0.1) is 0 Å². The quantitative estimate of drug-likeness (QED) is 0.705. The maximum atomic E-state index is 10.8. The van der Waals surface area contributed by atoms with Crippen LogP contribution in [0.4, 0.5) is 0 Å². The molecule has 1 aromatic heterocycles.